The summed E-state index contributed by atoms with van der Waals surface area (Å²) in [5, 5.41) is 7.21. The predicted molar refractivity (Wildman–Crippen MR) is 250 cm³/mol. The Labute approximate surface area is 343 Å². The first-order valence-electron chi connectivity index (χ1n) is 19.6. The van der Waals surface area contributed by atoms with E-state index in [2.05, 4.69) is 205 Å². The first kappa shape index (κ1) is 33.2. The molecule has 272 valence electrons. The standard InChI is InChI=1S/C54H33NOS2/c1-4-15-34(16-5-1)37-27-28-42-46(33-37)56-53-39(36-19-8-3-9-20-36)29-31-44(50(42)53)55(45-24-14-23-41-40-21-10-12-25-47(40)58-54(41)45)52-38(35-17-6-2-7-18-35)30-32-49-51(52)43-22-11-13-26-48(43)57-49/h1-33H. The summed E-state index contributed by atoms with van der Waals surface area (Å²) >= 11 is 3.73. The maximum atomic E-state index is 7.13. The Morgan fingerprint density at radius 1 is 0.362 bits per heavy atom. The Balaban J connectivity index is 1.26. The van der Waals surface area contributed by atoms with Gasteiger partial charge in [-0.3, -0.25) is 0 Å². The van der Waals surface area contributed by atoms with Gasteiger partial charge in [0.25, 0.3) is 0 Å². The number of fused-ring (bicyclic) bond motifs is 9. The Kier molecular flexibility index (Phi) is 7.62. The molecule has 12 aromatic rings. The van der Waals surface area contributed by atoms with E-state index in [0.29, 0.717) is 0 Å². The minimum Gasteiger partial charge on any atom is -0.455 e. The van der Waals surface area contributed by atoms with Gasteiger partial charge in [-0.15, -0.1) is 22.7 Å². The van der Waals surface area contributed by atoms with Crippen LogP contribution in [0.5, 0.6) is 0 Å². The van der Waals surface area contributed by atoms with Crippen molar-refractivity contribution in [1.82, 2.24) is 0 Å². The van der Waals surface area contributed by atoms with Crippen LogP contribution in [0.2, 0.25) is 0 Å². The summed E-state index contributed by atoms with van der Waals surface area (Å²) < 4.78 is 12.2. The number of thiophene rings is 2. The van der Waals surface area contributed by atoms with Gasteiger partial charge in [0, 0.05) is 52.2 Å². The van der Waals surface area contributed by atoms with Crippen molar-refractivity contribution >= 4 is 102 Å². The zero-order valence-corrected chi connectivity index (χ0v) is 32.9. The van der Waals surface area contributed by atoms with Gasteiger partial charge < -0.3 is 9.32 Å². The molecule has 0 unspecified atom stereocenters. The minimum absolute atomic E-state index is 0.864. The Bertz CT molecular complexity index is 3510. The molecule has 58 heavy (non-hydrogen) atoms. The summed E-state index contributed by atoms with van der Waals surface area (Å²) in [5.41, 5.74) is 11.9. The number of hydrogen-bond donors (Lipinski definition) is 0. The fourth-order valence-corrected chi connectivity index (χ4v) is 11.2. The second kappa shape index (κ2) is 13.3. The normalized spacial score (nSPS) is 11.8. The molecule has 0 atom stereocenters. The van der Waals surface area contributed by atoms with Crippen LogP contribution < -0.4 is 4.90 Å². The number of nitrogens with zero attached hydrogens (tertiary/aromatic N) is 1. The Hall–Kier alpha value is -6.98. The molecular weight excluding hydrogens is 743 g/mol. The highest BCUT2D eigenvalue weighted by Crippen LogP contribution is 2.55. The first-order valence-corrected chi connectivity index (χ1v) is 21.2. The number of anilines is 3. The lowest BCUT2D eigenvalue weighted by Crippen LogP contribution is -2.12. The summed E-state index contributed by atoms with van der Waals surface area (Å²) in [5.74, 6) is 0. The van der Waals surface area contributed by atoms with Crippen LogP contribution in [-0.2, 0) is 0 Å². The predicted octanol–water partition coefficient (Wildman–Crippen LogP) is 16.8. The van der Waals surface area contributed by atoms with E-state index in [0.717, 1.165) is 61.3 Å². The van der Waals surface area contributed by atoms with Gasteiger partial charge in [-0.05, 0) is 70.8 Å². The highest BCUT2D eigenvalue weighted by molar-refractivity contribution is 7.26. The lowest BCUT2D eigenvalue weighted by molar-refractivity contribution is 0.670. The maximum Gasteiger partial charge on any atom is 0.145 e. The largest absolute Gasteiger partial charge is 0.455 e. The SMILES string of the molecule is c1ccc(-c2ccc3c(c2)oc2c(-c4ccccc4)ccc(N(c4cccc5c4sc4ccccc45)c4c(-c5ccccc5)ccc5sc6ccccc6c45)c23)cc1. The van der Waals surface area contributed by atoms with Gasteiger partial charge in [-0.2, -0.15) is 0 Å². The first-order chi connectivity index (χ1) is 28.8. The molecule has 0 aliphatic heterocycles. The van der Waals surface area contributed by atoms with Crippen LogP contribution in [0.1, 0.15) is 0 Å². The van der Waals surface area contributed by atoms with E-state index < -0.39 is 0 Å². The van der Waals surface area contributed by atoms with Crippen LogP contribution in [0.4, 0.5) is 17.1 Å². The molecule has 2 nitrogen and oxygen atoms in total. The third-order valence-electron chi connectivity index (χ3n) is 11.5. The van der Waals surface area contributed by atoms with Crippen molar-refractivity contribution < 1.29 is 4.42 Å². The third kappa shape index (κ3) is 5.16. The Morgan fingerprint density at radius 2 is 0.983 bits per heavy atom. The quantitative estimate of drug-likeness (QED) is 0.167. The fraction of sp³-hybridized carbons (Fsp3) is 0. The van der Waals surface area contributed by atoms with Crippen molar-refractivity contribution in [2.75, 3.05) is 4.90 Å². The number of rotatable bonds is 6. The number of benzene rings is 9. The molecule has 3 heterocycles. The topological polar surface area (TPSA) is 16.4 Å². The maximum absolute atomic E-state index is 7.13. The summed E-state index contributed by atoms with van der Waals surface area (Å²) in [7, 11) is 0. The highest BCUT2D eigenvalue weighted by Gasteiger charge is 2.29. The summed E-state index contributed by atoms with van der Waals surface area (Å²) in [4.78, 5) is 2.57. The molecule has 12 rings (SSSR count). The van der Waals surface area contributed by atoms with Gasteiger partial charge in [-0.1, -0.05) is 152 Å². The van der Waals surface area contributed by atoms with Crippen molar-refractivity contribution in [3.05, 3.63) is 200 Å². The second-order valence-electron chi connectivity index (χ2n) is 14.8. The molecule has 0 bridgehead atoms. The molecule has 0 aliphatic rings. The highest BCUT2D eigenvalue weighted by atomic mass is 32.1. The van der Waals surface area contributed by atoms with Crippen molar-refractivity contribution in [3.8, 4) is 33.4 Å². The molecule has 0 fully saturated rings. The molecule has 0 spiro atoms. The number of furan rings is 1. The van der Waals surface area contributed by atoms with E-state index in [1.54, 1.807) is 0 Å². The van der Waals surface area contributed by atoms with Crippen LogP contribution in [0.25, 0.3) is 95.7 Å². The smallest absolute Gasteiger partial charge is 0.145 e. The summed E-state index contributed by atoms with van der Waals surface area (Å²) in [6, 6.07) is 72.5. The van der Waals surface area contributed by atoms with E-state index in [1.807, 2.05) is 22.7 Å². The van der Waals surface area contributed by atoms with Gasteiger partial charge in [0.15, 0.2) is 0 Å². The van der Waals surface area contributed by atoms with Gasteiger partial charge in [0.2, 0.25) is 0 Å². The molecular formula is C54H33NOS2. The van der Waals surface area contributed by atoms with Gasteiger partial charge in [0.05, 0.1) is 27.1 Å². The van der Waals surface area contributed by atoms with E-state index in [9.17, 15) is 0 Å². The molecule has 0 radical (unpaired) electrons. The lowest BCUT2D eigenvalue weighted by Gasteiger charge is -2.30. The Morgan fingerprint density at radius 3 is 1.74 bits per heavy atom. The fourth-order valence-electron chi connectivity index (χ4n) is 8.86. The van der Waals surface area contributed by atoms with Crippen molar-refractivity contribution in [2.45, 2.75) is 0 Å². The van der Waals surface area contributed by atoms with Crippen LogP contribution in [0.15, 0.2) is 205 Å². The van der Waals surface area contributed by atoms with Crippen LogP contribution in [-0.4, -0.2) is 0 Å². The molecule has 9 aromatic carbocycles. The van der Waals surface area contributed by atoms with E-state index in [4.69, 9.17) is 4.42 Å². The molecule has 0 N–H and O–H groups in total. The average molecular weight is 776 g/mol. The third-order valence-corrected chi connectivity index (χ3v) is 13.8. The van der Waals surface area contributed by atoms with Crippen LogP contribution in [0.3, 0.4) is 0 Å². The molecule has 0 saturated carbocycles. The molecule has 3 aromatic heterocycles. The van der Waals surface area contributed by atoms with E-state index in [-0.39, 0.29) is 0 Å². The summed E-state index contributed by atoms with van der Waals surface area (Å²) in [6.07, 6.45) is 0. The van der Waals surface area contributed by atoms with Crippen molar-refractivity contribution in [3.63, 3.8) is 0 Å². The summed E-state index contributed by atoms with van der Waals surface area (Å²) in [6.45, 7) is 0. The van der Waals surface area contributed by atoms with Crippen LogP contribution >= 0.6 is 22.7 Å². The minimum atomic E-state index is 0.864. The van der Waals surface area contributed by atoms with Gasteiger partial charge in [-0.25, -0.2) is 0 Å². The van der Waals surface area contributed by atoms with Crippen LogP contribution in [0, 0.1) is 0 Å². The zero-order valence-electron chi connectivity index (χ0n) is 31.2. The lowest BCUT2D eigenvalue weighted by atomic mass is 9.95. The zero-order chi connectivity index (χ0) is 38.2. The molecule has 0 amide bonds. The molecule has 0 aliphatic carbocycles. The van der Waals surface area contributed by atoms with E-state index >= 15 is 0 Å². The van der Waals surface area contributed by atoms with Gasteiger partial charge >= 0.3 is 0 Å². The number of hydrogen-bond acceptors (Lipinski definition) is 4. The van der Waals surface area contributed by atoms with E-state index in [1.165, 1.54) is 51.5 Å². The van der Waals surface area contributed by atoms with Crippen molar-refractivity contribution in [1.29, 1.82) is 0 Å². The van der Waals surface area contributed by atoms with Crippen molar-refractivity contribution in [2.24, 2.45) is 0 Å². The monoisotopic (exact) mass is 775 g/mol. The molecule has 0 saturated heterocycles. The molecule has 4 heteroatoms. The van der Waals surface area contributed by atoms with Gasteiger partial charge in [0.1, 0.15) is 11.2 Å². The second-order valence-corrected chi connectivity index (χ2v) is 16.9. The average Bonchev–Trinajstić information content (AvgIpc) is 3.99.